The van der Waals surface area contributed by atoms with Crippen molar-refractivity contribution in [2.75, 3.05) is 19.6 Å². The van der Waals surface area contributed by atoms with Crippen LogP contribution in [0.4, 0.5) is 68.2 Å². The van der Waals surface area contributed by atoms with Gasteiger partial charge in [-0.3, -0.25) is 0 Å². The summed E-state index contributed by atoms with van der Waals surface area (Å²) in [6.07, 6.45) is 0. The van der Waals surface area contributed by atoms with Gasteiger partial charge < -0.3 is 24.3 Å². The lowest BCUT2D eigenvalue weighted by atomic mass is 9.31. The molecule has 0 saturated carbocycles. The molecule has 4 aliphatic rings. The number of benzene rings is 13. The first-order chi connectivity index (χ1) is 43.2. The average molecular weight is 1150 g/mol. The van der Waals surface area contributed by atoms with Gasteiger partial charge in [-0.25, -0.2) is 0 Å². The molecule has 0 unspecified atom stereocenters. The van der Waals surface area contributed by atoms with E-state index in [9.17, 15) is 0 Å². The van der Waals surface area contributed by atoms with Crippen LogP contribution in [0.25, 0.3) is 31.3 Å². The molecule has 4 aliphatic heterocycles. The van der Waals surface area contributed by atoms with Crippen LogP contribution in [0, 0.1) is 0 Å². The van der Waals surface area contributed by atoms with E-state index in [2.05, 4.69) is 323 Å². The zero-order valence-electron chi connectivity index (χ0n) is 47.0. The molecule has 5 nitrogen and oxygen atoms in total. The lowest BCUT2D eigenvalue weighted by Gasteiger charge is -2.44. The monoisotopic (exact) mass is 1140 g/mol. The van der Waals surface area contributed by atoms with Gasteiger partial charge in [0.05, 0.1) is 11.4 Å². The van der Waals surface area contributed by atoms with Gasteiger partial charge in [-0.15, -0.1) is 11.3 Å². The lowest BCUT2D eigenvalue weighted by molar-refractivity contribution is 0.487. The van der Waals surface area contributed by atoms with Gasteiger partial charge in [-0.1, -0.05) is 199 Å². The van der Waals surface area contributed by atoms with E-state index in [4.69, 9.17) is 4.74 Å². The van der Waals surface area contributed by atoms with Gasteiger partial charge >= 0.3 is 0 Å². The lowest BCUT2D eigenvalue weighted by Crippen LogP contribution is -2.63. The van der Waals surface area contributed by atoms with E-state index < -0.39 is 0 Å². The summed E-state index contributed by atoms with van der Waals surface area (Å²) in [4.78, 5) is 12.4. The van der Waals surface area contributed by atoms with Crippen LogP contribution in [-0.2, 0) is 0 Å². The average Bonchev–Trinajstić information content (AvgIpc) is 1.03. The highest BCUT2D eigenvalue weighted by molar-refractivity contribution is 8.00. The number of hydrogen-bond acceptors (Lipinski definition) is 7. The highest BCUT2D eigenvalue weighted by Crippen LogP contribution is 2.53. The number of nitrogens with zero attached hydrogens (tertiary/aromatic N) is 4. The van der Waals surface area contributed by atoms with E-state index >= 15 is 0 Å². The maximum absolute atomic E-state index is 7.37. The van der Waals surface area contributed by atoms with E-state index in [1.807, 2.05) is 23.1 Å². The molecular weight excluding hydrogens is 1090 g/mol. The summed E-state index contributed by atoms with van der Waals surface area (Å²) in [6.45, 7) is -0.255. The number of para-hydroxylation sites is 7. The molecule has 14 aromatic rings. The minimum atomic E-state index is -0.168. The molecule has 5 heterocycles. The van der Waals surface area contributed by atoms with Crippen molar-refractivity contribution in [2.45, 2.75) is 9.79 Å². The molecule has 0 saturated heterocycles. The molecular formula is C78H50B2N4OS2. The highest BCUT2D eigenvalue weighted by Gasteiger charge is 2.47. The Morgan fingerprint density at radius 1 is 0.310 bits per heavy atom. The third kappa shape index (κ3) is 7.97. The smallest absolute Gasteiger partial charge is 0.256 e. The minimum Gasteiger partial charge on any atom is -0.458 e. The summed E-state index contributed by atoms with van der Waals surface area (Å²) < 4.78 is 9.88. The van der Waals surface area contributed by atoms with Crippen LogP contribution in [0.2, 0.25) is 0 Å². The Morgan fingerprint density at radius 2 is 0.851 bits per heavy atom. The van der Waals surface area contributed by atoms with Crippen LogP contribution in [0.15, 0.2) is 313 Å². The molecule has 87 heavy (non-hydrogen) atoms. The molecule has 1 aromatic heterocycles. The summed E-state index contributed by atoms with van der Waals surface area (Å²) in [7, 11) is 0. The van der Waals surface area contributed by atoms with Crippen molar-refractivity contribution in [3.63, 3.8) is 0 Å². The molecule has 18 rings (SSSR count). The predicted octanol–water partition coefficient (Wildman–Crippen LogP) is 17.8. The third-order valence-electron chi connectivity index (χ3n) is 17.9. The van der Waals surface area contributed by atoms with Crippen LogP contribution in [0.3, 0.4) is 0 Å². The normalized spacial score (nSPS) is 13.0. The van der Waals surface area contributed by atoms with Crippen LogP contribution in [0.1, 0.15) is 0 Å². The second kappa shape index (κ2) is 20.1. The van der Waals surface area contributed by atoms with Crippen molar-refractivity contribution < 1.29 is 4.74 Å². The standard InChI is InChI=1S/C78H50B2N4OS2/c1-7-25-51(26-8-1)60-47-61-59-37-19-24-42-73(59)86-74(61)49-67(60)84-68-50-75-65(48-64(68)80-63-39-21-23-41-71(63)85-72-45-57(43-69(84)77(72)80)81(52-27-9-2-10-28-52)53-29-11-3-12-30-53)79-62-38-20-22-40-66(62)83(56-35-17-6-18-36-56)70-44-58(46-76(87-75)78(70)79)82(54-31-13-4-14-32-54)55-33-15-5-16-34-55/h1-50H. The van der Waals surface area contributed by atoms with Gasteiger partial charge in [-0.2, -0.15) is 0 Å². The van der Waals surface area contributed by atoms with Gasteiger partial charge in [0.25, 0.3) is 6.71 Å². The van der Waals surface area contributed by atoms with E-state index in [1.54, 1.807) is 0 Å². The quantitative estimate of drug-likeness (QED) is 0.133. The summed E-state index contributed by atoms with van der Waals surface area (Å²) >= 11 is 3.77. The largest absolute Gasteiger partial charge is 0.458 e. The second-order valence-electron chi connectivity index (χ2n) is 22.7. The molecule has 0 radical (unpaired) electrons. The molecule has 0 aliphatic carbocycles. The first-order valence-electron chi connectivity index (χ1n) is 29.7. The third-order valence-corrected chi connectivity index (χ3v) is 20.1. The number of rotatable bonds is 9. The molecule has 0 atom stereocenters. The van der Waals surface area contributed by atoms with Crippen molar-refractivity contribution >= 4 is 158 Å². The summed E-state index contributed by atoms with van der Waals surface area (Å²) in [5.41, 5.74) is 23.0. The second-order valence-corrected chi connectivity index (χ2v) is 24.9. The van der Waals surface area contributed by atoms with E-state index in [1.165, 1.54) is 63.2 Å². The van der Waals surface area contributed by atoms with E-state index in [0.29, 0.717) is 0 Å². The number of hydrogen-bond donors (Lipinski definition) is 0. The Balaban J connectivity index is 0.944. The number of thiophene rings is 1. The van der Waals surface area contributed by atoms with E-state index in [0.717, 1.165) is 90.4 Å². The topological polar surface area (TPSA) is 22.2 Å². The van der Waals surface area contributed by atoms with Gasteiger partial charge in [0.2, 0.25) is 6.71 Å². The molecule has 406 valence electrons. The zero-order valence-corrected chi connectivity index (χ0v) is 48.7. The molecule has 0 N–H and O–H groups in total. The van der Waals surface area contributed by atoms with Gasteiger partial charge in [-0.05, 0) is 148 Å². The fraction of sp³-hybridized carbons (Fsp3) is 0. The Kier molecular flexibility index (Phi) is 11.5. The van der Waals surface area contributed by atoms with Crippen molar-refractivity contribution in [1.82, 2.24) is 0 Å². The Labute approximate surface area is 514 Å². The summed E-state index contributed by atoms with van der Waals surface area (Å²) in [5.74, 6) is 1.72. The van der Waals surface area contributed by atoms with Gasteiger partial charge in [0.15, 0.2) is 0 Å². The Morgan fingerprint density at radius 3 is 1.52 bits per heavy atom. The van der Waals surface area contributed by atoms with Crippen molar-refractivity contribution in [1.29, 1.82) is 0 Å². The van der Waals surface area contributed by atoms with Crippen LogP contribution < -0.4 is 57.1 Å². The minimum absolute atomic E-state index is 0.0875. The first-order valence-corrected chi connectivity index (χ1v) is 31.3. The predicted molar refractivity (Wildman–Crippen MR) is 370 cm³/mol. The fourth-order valence-electron chi connectivity index (χ4n) is 14.2. The van der Waals surface area contributed by atoms with Gasteiger partial charge in [0.1, 0.15) is 11.5 Å². The van der Waals surface area contributed by atoms with Crippen molar-refractivity contribution in [2.24, 2.45) is 0 Å². The number of ether oxygens (including phenoxy) is 1. The fourth-order valence-corrected chi connectivity index (χ4v) is 16.6. The van der Waals surface area contributed by atoms with Crippen LogP contribution >= 0.6 is 23.1 Å². The molecule has 0 amide bonds. The maximum Gasteiger partial charge on any atom is 0.256 e. The highest BCUT2D eigenvalue weighted by atomic mass is 32.2. The maximum atomic E-state index is 7.37. The van der Waals surface area contributed by atoms with E-state index in [-0.39, 0.29) is 13.4 Å². The number of anilines is 12. The first kappa shape index (κ1) is 49.9. The molecule has 9 heteroatoms. The molecule has 0 fully saturated rings. The van der Waals surface area contributed by atoms with Crippen molar-refractivity contribution in [3.8, 4) is 22.6 Å². The van der Waals surface area contributed by atoms with Crippen molar-refractivity contribution in [3.05, 3.63) is 303 Å². The SMILES string of the molecule is c1ccc(-c2cc3c(cc2N2c4cc5c(cc4B4c6ccccc6Oc6cc(N(c7ccccc7)c7ccccc7)cc2c64)B2c4ccccc4N(c4ccccc4)c4cc(N(c6ccccc6)c6ccccc6)cc(c42)S5)sc2ccccc23)cc1. The van der Waals surface area contributed by atoms with Crippen LogP contribution in [-0.4, -0.2) is 13.4 Å². The molecule has 0 spiro atoms. The Hall–Kier alpha value is -10.4. The molecule has 13 aromatic carbocycles. The van der Waals surface area contributed by atoms with Gasteiger partial charge in [0, 0.05) is 98.5 Å². The Bertz CT molecular complexity index is 4960. The summed E-state index contributed by atoms with van der Waals surface area (Å²) in [6, 6.07) is 112. The number of fused-ring (bicyclic) bond motifs is 11. The zero-order chi connectivity index (χ0) is 57.1. The van der Waals surface area contributed by atoms with Crippen LogP contribution in [0.5, 0.6) is 11.5 Å². The summed E-state index contributed by atoms with van der Waals surface area (Å²) in [5, 5.41) is 2.52. The molecule has 0 bridgehead atoms.